The van der Waals surface area contributed by atoms with Crippen LogP contribution >= 0.6 is 0 Å². The van der Waals surface area contributed by atoms with E-state index in [-0.39, 0.29) is 6.10 Å². The SMILES string of the molecule is COc1ccc(OC2C=CC=CC2)cc1. The Morgan fingerprint density at radius 2 is 1.80 bits per heavy atom. The third-order valence-electron chi connectivity index (χ3n) is 2.29. The predicted octanol–water partition coefficient (Wildman–Crippen LogP) is 2.96. The lowest BCUT2D eigenvalue weighted by atomic mass is 10.1. The summed E-state index contributed by atoms with van der Waals surface area (Å²) in [7, 11) is 1.66. The first-order chi connectivity index (χ1) is 7.38. The summed E-state index contributed by atoms with van der Waals surface area (Å²) in [5.41, 5.74) is 0. The zero-order valence-electron chi connectivity index (χ0n) is 8.72. The first-order valence-electron chi connectivity index (χ1n) is 5.02. The zero-order valence-corrected chi connectivity index (χ0v) is 8.72. The Kier molecular flexibility index (Phi) is 3.08. The second-order valence-electron chi connectivity index (χ2n) is 3.38. The molecule has 1 aliphatic rings. The highest BCUT2D eigenvalue weighted by Gasteiger charge is 2.06. The molecule has 1 unspecified atom stereocenters. The lowest BCUT2D eigenvalue weighted by molar-refractivity contribution is 0.251. The van der Waals surface area contributed by atoms with Crippen molar-refractivity contribution >= 4 is 0 Å². The van der Waals surface area contributed by atoms with Crippen LogP contribution < -0.4 is 9.47 Å². The number of methoxy groups -OCH3 is 1. The zero-order chi connectivity index (χ0) is 10.5. The predicted molar refractivity (Wildman–Crippen MR) is 60.3 cm³/mol. The van der Waals surface area contributed by atoms with Gasteiger partial charge in [-0.3, -0.25) is 0 Å². The fourth-order valence-electron chi connectivity index (χ4n) is 1.47. The molecule has 78 valence electrons. The van der Waals surface area contributed by atoms with E-state index in [1.54, 1.807) is 7.11 Å². The molecule has 0 aliphatic heterocycles. The van der Waals surface area contributed by atoms with Crippen molar-refractivity contribution in [2.75, 3.05) is 7.11 Å². The van der Waals surface area contributed by atoms with Gasteiger partial charge in [-0.15, -0.1) is 0 Å². The molecule has 0 spiro atoms. The normalized spacial score (nSPS) is 18.9. The molecule has 0 heterocycles. The molecular formula is C13H14O2. The summed E-state index contributed by atoms with van der Waals surface area (Å²) in [6, 6.07) is 7.64. The molecule has 1 aliphatic carbocycles. The first kappa shape index (κ1) is 9.84. The van der Waals surface area contributed by atoms with Crippen LogP contribution in [0.2, 0.25) is 0 Å². The molecule has 0 saturated heterocycles. The Labute approximate surface area is 89.8 Å². The van der Waals surface area contributed by atoms with Crippen molar-refractivity contribution in [1.29, 1.82) is 0 Å². The minimum Gasteiger partial charge on any atom is -0.497 e. The summed E-state index contributed by atoms with van der Waals surface area (Å²) in [6.45, 7) is 0. The van der Waals surface area contributed by atoms with Gasteiger partial charge >= 0.3 is 0 Å². The van der Waals surface area contributed by atoms with Crippen LogP contribution in [0.25, 0.3) is 0 Å². The van der Waals surface area contributed by atoms with Crippen LogP contribution in [0.1, 0.15) is 6.42 Å². The van der Waals surface area contributed by atoms with E-state index in [1.165, 1.54) is 0 Å². The Morgan fingerprint density at radius 3 is 2.40 bits per heavy atom. The third-order valence-corrected chi connectivity index (χ3v) is 2.29. The second kappa shape index (κ2) is 4.69. The molecule has 0 fully saturated rings. The Bertz CT molecular complexity index is 363. The molecular weight excluding hydrogens is 188 g/mol. The largest absolute Gasteiger partial charge is 0.497 e. The van der Waals surface area contributed by atoms with Gasteiger partial charge in [-0.2, -0.15) is 0 Å². The van der Waals surface area contributed by atoms with E-state index in [0.29, 0.717) is 0 Å². The fraction of sp³-hybridized carbons (Fsp3) is 0.231. The highest BCUT2D eigenvalue weighted by Crippen LogP contribution is 2.20. The van der Waals surface area contributed by atoms with Gasteiger partial charge in [0, 0.05) is 6.42 Å². The number of hydrogen-bond donors (Lipinski definition) is 0. The molecule has 0 N–H and O–H groups in total. The molecule has 0 bridgehead atoms. The van der Waals surface area contributed by atoms with Gasteiger partial charge in [-0.25, -0.2) is 0 Å². The summed E-state index contributed by atoms with van der Waals surface area (Å²) in [6.07, 6.45) is 9.30. The topological polar surface area (TPSA) is 18.5 Å². The lowest BCUT2D eigenvalue weighted by Crippen LogP contribution is -2.13. The second-order valence-corrected chi connectivity index (χ2v) is 3.38. The molecule has 1 aromatic carbocycles. The van der Waals surface area contributed by atoms with Crippen molar-refractivity contribution in [2.45, 2.75) is 12.5 Å². The van der Waals surface area contributed by atoms with Crippen LogP contribution in [-0.2, 0) is 0 Å². The maximum atomic E-state index is 5.76. The van der Waals surface area contributed by atoms with Gasteiger partial charge in [0.1, 0.15) is 17.6 Å². The summed E-state index contributed by atoms with van der Waals surface area (Å²) in [5, 5.41) is 0. The Morgan fingerprint density at radius 1 is 1.07 bits per heavy atom. The van der Waals surface area contributed by atoms with Crippen molar-refractivity contribution in [3.63, 3.8) is 0 Å². The molecule has 0 radical (unpaired) electrons. The molecule has 1 atom stereocenters. The maximum Gasteiger partial charge on any atom is 0.121 e. The van der Waals surface area contributed by atoms with Crippen molar-refractivity contribution in [3.8, 4) is 11.5 Å². The van der Waals surface area contributed by atoms with Gasteiger partial charge < -0.3 is 9.47 Å². The maximum absolute atomic E-state index is 5.76. The average Bonchev–Trinajstić information content (AvgIpc) is 2.31. The van der Waals surface area contributed by atoms with Gasteiger partial charge in [0.15, 0.2) is 0 Å². The molecule has 15 heavy (non-hydrogen) atoms. The number of ether oxygens (including phenoxy) is 2. The number of benzene rings is 1. The van der Waals surface area contributed by atoms with E-state index < -0.39 is 0 Å². The monoisotopic (exact) mass is 202 g/mol. The summed E-state index contributed by atoms with van der Waals surface area (Å²) >= 11 is 0. The third kappa shape index (κ3) is 2.62. The minimum absolute atomic E-state index is 0.156. The molecule has 2 rings (SSSR count). The van der Waals surface area contributed by atoms with Crippen molar-refractivity contribution < 1.29 is 9.47 Å². The number of hydrogen-bond acceptors (Lipinski definition) is 2. The van der Waals surface area contributed by atoms with Crippen LogP contribution in [0, 0.1) is 0 Å². The average molecular weight is 202 g/mol. The highest BCUT2D eigenvalue weighted by atomic mass is 16.5. The van der Waals surface area contributed by atoms with Gasteiger partial charge in [-0.1, -0.05) is 18.2 Å². The van der Waals surface area contributed by atoms with Gasteiger partial charge in [-0.05, 0) is 30.3 Å². The van der Waals surface area contributed by atoms with E-state index in [9.17, 15) is 0 Å². The van der Waals surface area contributed by atoms with Crippen LogP contribution in [0.15, 0.2) is 48.6 Å². The van der Waals surface area contributed by atoms with E-state index >= 15 is 0 Å². The smallest absolute Gasteiger partial charge is 0.121 e. The van der Waals surface area contributed by atoms with Gasteiger partial charge in [0.05, 0.1) is 7.11 Å². The van der Waals surface area contributed by atoms with Crippen LogP contribution in [-0.4, -0.2) is 13.2 Å². The van der Waals surface area contributed by atoms with Gasteiger partial charge in [0.25, 0.3) is 0 Å². The Hall–Kier alpha value is -1.70. The Balaban J connectivity index is 1.98. The van der Waals surface area contributed by atoms with Crippen molar-refractivity contribution in [2.24, 2.45) is 0 Å². The lowest BCUT2D eigenvalue weighted by Gasteiger charge is -2.15. The molecule has 0 saturated carbocycles. The van der Waals surface area contributed by atoms with Crippen LogP contribution in [0.5, 0.6) is 11.5 Å². The standard InChI is InChI=1S/C13H14O2/c1-14-11-7-9-13(10-8-11)15-12-5-3-2-4-6-12/h2-5,7-10,12H,6H2,1H3. The summed E-state index contributed by atoms with van der Waals surface area (Å²) in [5.74, 6) is 1.72. The fourth-order valence-corrected chi connectivity index (χ4v) is 1.47. The molecule has 2 heteroatoms. The molecule has 0 aromatic heterocycles. The summed E-state index contributed by atoms with van der Waals surface area (Å²) < 4.78 is 10.8. The number of rotatable bonds is 3. The van der Waals surface area contributed by atoms with Crippen molar-refractivity contribution in [1.82, 2.24) is 0 Å². The van der Waals surface area contributed by atoms with E-state index in [4.69, 9.17) is 9.47 Å². The molecule has 2 nitrogen and oxygen atoms in total. The summed E-state index contributed by atoms with van der Waals surface area (Å²) in [4.78, 5) is 0. The van der Waals surface area contributed by atoms with E-state index in [2.05, 4.69) is 12.2 Å². The minimum atomic E-state index is 0.156. The first-order valence-corrected chi connectivity index (χ1v) is 5.02. The molecule has 1 aromatic rings. The van der Waals surface area contributed by atoms with Crippen LogP contribution in [0.3, 0.4) is 0 Å². The molecule has 0 amide bonds. The van der Waals surface area contributed by atoms with Crippen molar-refractivity contribution in [3.05, 3.63) is 48.6 Å². The van der Waals surface area contributed by atoms with E-state index in [0.717, 1.165) is 17.9 Å². The van der Waals surface area contributed by atoms with Gasteiger partial charge in [0.2, 0.25) is 0 Å². The van der Waals surface area contributed by atoms with Crippen LogP contribution in [0.4, 0.5) is 0 Å². The highest BCUT2D eigenvalue weighted by molar-refractivity contribution is 5.31. The number of allylic oxidation sites excluding steroid dienone is 2. The van der Waals surface area contributed by atoms with E-state index in [1.807, 2.05) is 36.4 Å². The quantitative estimate of drug-likeness (QED) is 0.750.